The van der Waals surface area contributed by atoms with E-state index in [0.29, 0.717) is 12.4 Å². The lowest BCUT2D eigenvalue weighted by Gasteiger charge is -2.05. The highest BCUT2D eigenvalue weighted by Gasteiger charge is 2.16. The molecule has 0 atom stereocenters. The number of benzene rings is 2. The Morgan fingerprint density at radius 3 is 2.24 bits per heavy atom. The van der Waals surface area contributed by atoms with Crippen LogP contribution in [0.4, 0.5) is 5.69 Å². The van der Waals surface area contributed by atoms with Gasteiger partial charge in [-0.3, -0.25) is 4.98 Å². The van der Waals surface area contributed by atoms with Crippen molar-refractivity contribution in [2.45, 2.75) is 6.54 Å². The summed E-state index contributed by atoms with van der Waals surface area (Å²) in [5.74, 6) is 1.38. The quantitative estimate of drug-likeness (QED) is 0.559. The Labute approximate surface area is 146 Å². The molecule has 4 aromatic rings. The van der Waals surface area contributed by atoms with Gasteiger partial charge < -0.3 is 9.73 Å². The second-order valence-electron chi connectivity index (χ2n) is 5.62. The molecular weight excluding hydrogens is 310 g/mol. The molecule has 0 fully saturated rings. The van der Waals surface area contributed by atoms with Gasteiger partial charge >= 0.3 is 0 Å². The molecule has 0 saturated heterocycles. The standard InChI is InChI=1S/C21H17N3O/c1-3-8-16(9-4-1)20-19(15-23-18-11-5-2-6-12-18)25-21(24-20)17-10-7-13-22-14-17/h1-14,23H,15H2. The van der Waals surface area contributed by atoms with E-state index in [0.717, 1.165) is 28.3 Å². The van der Waals surface area contributed by atoms with Gasteiger partial charge in [-0.25, -0.2) is 4.98 Å². The van der Waals surface area contributed by atoms with Crippen molar-refractivity contribution in [3.05, 3.63) is 91.0 Å². The summed E-state index contributed by atoms with van der Waals surface area (Å²) in [5.41, 5.74) is 3.79. The predicted octanol–water partition coefficient (Wildman–Crippen LogP) is 5.02. The van der Waals surface area contributed by atoms with Crippen LogP contribution in [0.1, 0.15) is 5.76 Å². The Kier molecular flexibility index (Phi) is 4.25. The SMILES string of the molecule is c1ccc(NCc2oc(-c3cccnc3)nc2-c2ccccc2)cc1. The van der Waals surface area contributed by atoms with Crippen molar-refractivity contribution in [1.82, 2.24) is 9.97 Å². The van der Waals surface area contributed by atoms with E-state index in [1.54, 1.807) is 12.4 Å². The van der Waals surface area contributed by atoms with Gasteiger partial charge in [0.2, 0.25) is 5.89 Å². The Morgan fingerprint density at radius 1 is 0.800 bits per heavy atom. The van der Waals surface area contributed by atoms with E-state index in [-0.39, 0.29) is 0 Å². The molecule has 0 aliphatic heterocycles. The second-order valence-corrected chi connectivity index (χ2v) is 5.62. The summed E-state index contributed by atoms with van der Waals surface area (Å²) in [6.07, 6.45) is 3.50. The molecule has 0 radical (unpaired) electrons. The monoisotopic (exact) mass is 327 g/mol. The molecule has 122 valence electrons. The van der Waals surface area contributed by atoms with Crippen LogP contribution >= 0.6 is 0 Å². The Bertz CT molecular complexity index is 935. The van der Waals surface area contributed by atoms with Crippen molar-refractivity contribution in [1.29, 1.82) is 0 Å². The first-order chi connectivity index (χ1) is 12.4. The number of anilines is 1. The molecule has 2 heterocycles. The molecule has 2 aromatic carbocycles. The summed E-state index contributed by atoms with van der Waals surface area (Å²) < 4.78 is 6.06. The predicted molar refractivity (Wildman–Crippen MR) is 98.9 cm³/mol. The number of para-hydroxylation sites is 1. The number of nitrogens with zero attached hydrogens (tertiary/aromatic N) is 2. The van der Waals surface area contributed by atoms with Gasteiger partial charge in [-0.1, -0.05) is 48.5 Å². The number of rotatable bonds is 5. The topological polar surface area (TPSA) is 51.0 Å². The fraction of sp³-hybridized carbons (Fsp3) is 0.0476. The molecule has 4 nitrogen and oxygen atoms in total. The minimum absolute atomic E-state index is 0.557. The number of aromatic nitrogens is 2. The number of hydrogen-bond acceptors (Lipinski definition) is 4. The molecule has 25 heavy (non-hydrogen) atoms. The molecular formula is C21H17N3O. The number of pyridine rings is 1. The fourth-order valence-corrected chi connectivity index (χ4v) is 2.64. The molecule has 1 N–H and O–H groups in total. The highest BCUT2D eigenvalue weighted by molar-refractivity contribution is 5.65. The van der Waals surface area contributed by atoms with Gasteiger partial charge in [-0.05, 0) is 24.3 Å². The second kappa shape index (κ2) is 7.01. The highest BCUT2D eigenvalue weighted by atomic mass is 16.4. The summed E-state index contributed by atoms with van der Waals surface area (Å²) in [5, 5.41) is 3.39. The average Bonchev–Trinajstić information content (AvgIpc) is 3.13. The molecule has 0 spiro atoms. The molecule has 4 heteroatoms. The number of nitrogens with one attached hydrogen (secondary N) is 1. The zero-order valence-electron chi connectivity index (χ0n) is 13.6. The third-order valence-electron chi connectivity index (χ3n) is 3.88. The third-order valence-corrected chi connectivity index (χ3v) is 3.88. The zero-order chi connectivity index (χ0) is 16.9. The molecule has 0 amide bonds. The maximum atomic E-state index is 6.06. The molecule has 0 aliphatic carbocycles. The van der Waals surface area contributed by atoms with E-state index < -0.39 is 0 Å². The van der Waals surface area contributed by atoms with E-state index in [1.807, 2.05) is 72.8 Å². The Morgan fingerprint density at radius 2 is 1.52 bits per heavy atom. The van der Waals surface area contributed by atoms with Crippen LogP contribution in [0.25, 0.3) is 22.7 Å². The van der Waals surface area contributed by atoms with E-state index in [1.165, 1.54) is 0 Å². The van der Waals surface area contributed by atoms with Gasteiger partial charge in [0.15, 0.2) is 5.76 Å². The summed E-state index contributed by atoms with van der Waals surface area (Å²) >= 11 is 0. The number of oxazole rings is 1. The lowest BCUT2D eigenvalue weighted by atomic mass is 10.1. The van der Waals surface area contributed by atoms with Crippen molar-refractivity contribution in [2.75, 3.05) is 5.32 Å². The lowest BCUT2D eigenvalue weighted by Crippen LogP contribution is -1.99. The highest BCUT2D eigenvalue weighted by Crippen LogP contribution is 2.29. The van der Waals surface area contributed by atoms with E-state index in [2.05, 4.69) is 10.3 Å². The van der Waals surface area contributed by atoms with Crippen LogP contribution in [0.5, 0.6) is 0 Å². The van der Waals surface area contributed by atoms with Crippen LogP contribution in [-0.2, 0) is 6.54 Å². The average molecular weight is 327 g/mol. The largest absolute Gasteiger partial charge is 0.439 e. The molecule has 0 bridgehead atoms. The van der Waals surface area contributed by atoms with Crippen LogP contribution in [0.3, 0.4) is 0 Å². The van der Waals surface area contributed by atoms with E-state index in [9.17, 15) is 0 Å². The smallest absolute Gasteiger partial charge is 0.228 e. The molecule has 0 aliphatic rings. The van der Waals surface area contributed by atoms with Gasteiger partial charge in [-0.15, -0.1) is 0 Å². The summed E-state index contributed by atoms with van der Waals surface area (Å²) in [6.45, 7) is 0.557. The first kappa shape index (κ1) is 15.1. The zero-order valence-corrected chi connectivity index (χ0v) is 13.6. The van der Waals surface area contributed by atoms with Gasteiger partial charge in [-0.2, -0.15) is 0 Å². The van der Waals surface area contributed by atoms with Crippen LogP contribution in [-0.4, -0.2) is 9.97 Å². The number of hydrogen-bond donors (Lipinski definition) is 1. The van der Waals surface area contributed by atoms with Crippen molar-refractivity contribution < 1.29 is 4.42 Å². The molecule has 0 saturated carbocycles. The lowest BCUT2D eigenvalue weighted by molar-refractivity contribution is 0.527. The summed E-state index contributed by atoms with van der Waals surface area (Å²) in [7, 11) is 0. The van der Waals surface area contributed by atoms with E-state index >= 15 is 0 Å². The van der Waals surface area contributed by atoms with Crippen LogP contribution in [0.15, 0.2) is 89.6 Å². The van der Waals surface area contributed by atoms with Crippen LogP contribution in [0.2, 0.25) is 0 Å². The summed E-state index contributed by atoms with van der Waals surface area (Å²) in [6, 6.07) is 24.0. The van der Waals surface area contributed by atoms with Crippen molar-refractivity contribution in [2.24, 2.45) is 0 Å². The first-order valence-corrected chi connectivity index (χ1v) is 8.14. The van der Waals surface area contributed by atoms with Crippen molar-refractivity contribution in [3.8, 4) is 22.7 Å². The van der Waals surface area contributed by atoms with Crippen molar-refractivity contribution >= 4 is 5.69 Å². The first-order valence-electron chi connectivity index (χ1n) is 8.14. The van der Waals surface area contributed by atoms with Crippen LogP contribution < -0.4 is 5.32 Å². The fourth-order valence-electron chi connectivity index (χ4n) is 2.64. The molecule has 4 rings (SSSR count). The maximum Gasteiger partial charge on any atom is 0.228 e. The normalized spacial score (nSPS) is 10.6. The third kappa shape index (κ3) is 3.43. The van der Waals surface area contributed by atoms with Gasteiger partial charge in [0.25, 0.3) is 0 Å². The van der Waals surface area contributed by atoms with Gasteiger partial charge in [0.05, 0.1) is 12.1 Å². The van der Waals surface area contributed by atoms with Gasteiger partial charge in [0.1, 0.15) is 5.69 Å². The maximum absolute atomic E-state index is 6.06. The minimum Gasteiger partial charge on any atom is -0.439 e. The molecule has 0 unspecified atom stereocenters. The van der Waals surface area contributed by atoms with Crippen LogP contribution in [0, 0.1) is 0 Å². The Balaban J connectivity index is 1.69. The summed E-state index contributed by atoms with van der Waals surface area (Å²) in [4.78, 5) is 8.87. The van der Waals surface area contributed by atoms with Crippen molar-refractivity contribution in [3.63, 3.8) is 0 Å². The Hall–Kier alpha value is -3.40. The molecule has 2 aromatic heterocycles. The minimum atomic E-state index is 0.557. The van der Waals surface area contributed by atoms with E-state index in [4.69, 9.17) is 9.40 Å². The van der Waals surface area contributed by atoms with Gasteiger partial charge in [0, 0.05) is 23.6 Å².